The van der Waals surface area contributed by atoms with E-state index in [2.05, 4.69) is 16.0 Å². The first-order valence-electron chi connectivity index (χ1n) is 19.7. The van der Waals surface area contributed by atoms with Gasteiger partial charge in [0.15, 0.2) is 0 Å². The van der Waals surface area contributed by atoms with Crippen LogP contribution in [0.2, 0.25) is 0 Å². The molecule has 3 aromatic carbocycles. The number of hydrogen-bond donors (Lipinski definition) is 4. The lowest BCUT2D eigenvalue weighted by Crippen LogP contribution is -2.58. The van der Waals surface area contributed by atoms with E-state index in [1.54, 1.807) is 26.8 Å². The van der Waals surface area contributed by atoms with E-state index in [0.29, 0.717) is 19.3 Å². The summed E-state index contributed by atoms with van der Waals surface area (Å²) in [4.78, 5) is 68.4. The second-order valence-corrected chi connectivity index (χ2v) is 16.9. The summed E-state index contributed by atoms with van der Waals surface area (Å²) in [5, 5.41) is 20.0. The molecule has 2 fully saturated rings. The molecule has 1 aliphatic heterocycles. The van der Waals surface area contributed by atoms with Gasteiger partial charge in [-0.05, 0) is 69.2 Å². The standard InChI is InChI=1S/C45H55N3O8S/c1-5-6-10-23-34-28-38(50)46-35(24-25-39(51)56-43(2,3)4)41(53)47-36(42(54)48-44(26-27-44)37(49)29-40(52)55-34)30-57-45(31-17-11-7-12-18-31,32-19-13-8-14-20-32)33-21-15-9-16-22-33/h7-23,34-37,49H,5-6,24-30H2,1-4H3,(H,46,50)(H,47,53)(H,48,54)/b23-10+/t34-,35-,36-,37?/m1/s1. The van der Waals surface area contributed by atoms with E-state index in [0.717, 1.165) is 23.1 Å². The maximum absolute atomic E-state index is 14.5. The number of amides is 3. The Kier molecular flexibility index (Phi) is 14.8. The molecule has 0 radical (unpaired) electrons. The summed E-state index contributed by atoms with van der Waals surface area (Å²) < 4.78 is 10.3. The summed E-state index contributed by atoms with van der Waals surface area (Å²) in [5.41, 5.74) is 0.993. The highest BCUT2D eigenvalue weighted by atomic mass is 32.2. The van der Waals surface area contributed by atoms with E-state index in [-0.39, 0.29) is 25.0 Å². The molecule has 4 N–H and O–H groups in total. The van der Waals surface area contributed by atoms with Crippen LogP contribution in [-0.4, -0.2) is 76.0 Å². The molecule has 4 atom stereocenters. The summed E-state index contributed by atoms with van der Waals surface area (Å²) in [7, 11) is 0. The third-order valence-electron chi connectivity index (χ3n) is 9.98. The number of rotatable bonds is 12. The highest BCUT2D eigenvalue weighted by molar-refractivity contribution is 8.00. The third kappa shape index (κ3) is 11.8. The second-order valence-electron chi connectivity index (χ2n) is 15.7. The maximum atomic E-state index is 14.5. The molecule has 5 rings (SSSR count). The van der Waals surface area contributed by atoms with Crippen molar-refractivity contribution in [3.8, 4) is 0 Å². The number of aliphatic hydroxyl groups is 1. The normalized spacial score (nSPS) is 22.1. The number of ether oxygens (including phenoxy) is 2. The SMILES string of the molecule is CCC/C=C/[C@@H]1CC(=O)N[C@H](CCC(=O)OC(C)(C)C)C(=O)N[C@H](CSC(c2ccccc2)(c2ccccc2)c2ccccc2)C(=O)NC2(CC2)C(O)CC(=O)O1. The quantitative estimate of drug-likeness (QED) is 0.0999. The minimum absolute atomic E-state index is 0.0570. The molecule has 0 aromatic heterocycles. The summed E-state index contributed by atoms with van der Waals surface area (Å²) >= 11 is 1.47. The molecule has 2 aliphatic rings. The van der Waals surface area contributed by atoms with Gasteiger partial charge in [0.2, 0.25) is 17.7 Å². The minimum Gasteiger partial charge on any atom is -0.460 e. The molecule has 0 bridgehead atoms. The van der Waals surface area contributed by atoms with Crippen molar-refractivity contribution in [3.05, 3.63) is 120 Å². The molecule has 57 heavy (non-hydrogen) atoms. The predicted molar refractivity (Wildman–Crippen MR) is 220 cm³/mol. The summed E-state index contributed by atoms with van der Waals surface area (Å²) in [6.07, 6.45) is 2.56. The molecule has 3 aromatic rings. The number of unbranched alkanes of at least 4 members (excludes halogenated alkanes) is 1. The van der Waals surface area contributed by atoms with E-state index in [9.17, 15) is 29.1 Å². The van der Waals surface area contributed by atoms with Crippen LogP contribution < -0.4 is 16.0 Å². The Labute approximate surface area is 339 Å². The number of cyclic esters (lactones) is 1. The zero-order valence-corrected chi connectivity index (χ0v) is 34.0. The van der Waals surface area contributed by atoms with Crippen LogP contribution in [-0.2, 0) is 38.2 Å². The maximum Gasteiger partial charge on any atom is 0.309 e. The number of nitrogens with one attached hydrogen (secondary N) is 3. The fraction of sp³-hybridized carbons (Fsp3) is 0.444. The van der Waals surface area contributed by atoms with Gasteiger partial charge in [0.1, 0.15) is 23.8 Å². The average molecular weight is 798 g/mol. The summed E-state index contributed by atoms with van der Waals surface area (Å²) in [5.74, 6) is -3.05. The van der Waals surface area contributed by atoms with Crippen LogP contribution in [0.4, 0.5) is 0 Å². The number of carbonyl (C=O) groups is 5. The molecule has 1 heterocycles. The van der Waals surface area contributed by atoms with Gasteiger partial charge in [0.05, 0.1) is 29.2 Å². The van der Waals surface area contributed by atoms with Gasteiger partial charge in [-0.2, -0.15) is 0 Å². The third-order valence-corrected chi connectivity index (χ3v) is 11.6. The van der Waals surface area contributed by atoms with Crippen LogP contribution in [0.15, 0.2) is 103 Å². The van der Waals surface area contributed by atoms with Gasteiger partial charge in [0, 0.05) is 12.2 Å². The topological polar surface area (TPSA) is 160 Å². The minimum atomic E-state index is -1.27. The second kappa shape index (κ2) is 19.5. The molecule has 1 unspecified atom stereocenters. The fourth-order valence-electron chi connectivity index (χ4n) is 6.93. The van der Waals surface area contributed by atoms with Crippen LogP contribution >= 0.6 is 11.8 Å². The zero-order chi connectivity index (χ0) is 41.1. The lowest BCUT2D eigenvalue weighted by Gasteiger charge is -2.37. The van der Waals surface area contributed by atoms with Gasteiger partial charge in [0.25, 0.3) is 0 Å². The number of aliphatic hydroxyl groups excluding tert-OH is 1. The molecule has 1 aliphatic carbocycles. The highest BCUT2D eigenvalue weighted by Gasteiger charge is 2.52. The molecule has 11 nitrogen and oxygen atoms in total. The van der Waals surface area contributed by atoms with E-state index in [1.807, 2.05) is 104 Å². The number of allylic oxidation sites excluding steroid dienone is 1. The molecular weight excluding hydrogens is 743 g/mol. The highest BCUT2D eigenvalue weighted by Crippen LogP contribution is 2.49. The van der Waals surface area contributed by atoms with Crippen LogP contribution in [0.1, 0.15) is 95.8 Å². The Morgan fingerprint density at radius 3 is 1.91 bits per heavy atom. The number of benzene rings is 3. The lowest BCUT2D eigenvalue weighted by atomic mass is 9.84. The molecular formula is C45H55N3O8S. The van der Waals surface area contributed by atoms with Crippen molar-refractivity contribution in [2.75, 3.05) is 5.75 Å². The van der Waals surface area contributed by atoms with Gasteiger partial charge in [-0.25, -0.2) is 0 Å². The smallest absolute Gasteiger partial charge is 0.309 e. The van der Waals surface area contributed by atoms with Gasteiger partial charge in [-0.3, -0.25) is 24.0 Å². The van der Waals surface area contributed by atoms with E-state index in [1.165, 1.54) is 11.8 Å². The Hall–Kier alpha value is -4.94. The van der Waals surface area contributed by atoms with Gasteiger partial charge < -0.3 is 30.5 Å². The van der Waals surface area contributed by atoms with E-state index < -0.39 is 76.3 Å². The van der Waals surface area contributed by atoms with Crippen molar-refractivity contribution in [1.82, 2.24) is 16.0 Å². The zero-order valence-electron chi connectivity index (χ0n) is 33.2. The first kappa shape index (κ1) is 43.2. The van der Waals surface area contributed by atoms with Crippen LogP contribution in [0.25, 0.3) is 0 Å². The molecule has 12 heteroatoms. The van der Waals surface area contributed by atoms with Gasteiger partial charge in [-0.15, -0.1) is 11.8 Å². The Morgan fingerprint density at radius 2 is 1.40 bits per heavy atom. The van der Waals surface area contributed by atoms with Crippen LogP contribution in [0.5, 0.6) is 0 Å². The fourth-order valence-corrected chi connectivity index (χ4v) is 8.49. The van der Waals surface area contributed by atoms with Crippen molar-refractivity contribution in [3.63, 3.8) is 0 Å². The monoisotopic (exact) mass is 797 g/mol. The van der Waals surface area contributed by atoms with Crippen molar-refractivity contribution in [1.29, 1.82) is 0 Å². The van der Waals surface area contributed by atoms with E-state index >= 15 is 0 Å². The van der Waals surface area contributed by atoms with Crippen LogP contribution in [0.3, 0.4) is 0 Å². The lowest BCUT2D eigenvalue weighted by molar-refractivity contribution is -0.155. The largest absolute Gasteiger partial charge is 0.460 e. The van der Waals surface area contributed by atoms with E-state index in [4.69, 9.17) is 9.47 Å². The molecule has 1 spiro atoms. The van der Waals surface area contributed by atoms with Crippen molar-refractivity contribution in [2.24, 2.45) is 0 Å². The average Bonchev–Trinajstić information content (AvgIpc) is 3.97. The predicted octanol–water partition coefficient (Wildman–Crippen LogP) is 5.87. The van der Waals surface area contributed by atoms with Crippen molar-refractivity contribution >= 4 is 41.4 Å². The summed E-state index contributed by atoms with van der Waals surface area (Å²) in [6.45, 7) is 7.20. The number of thioether (sulfide) groups is 1. The van der Waals surface area contributed by atoms with Gasteiger partial charge >= 0.3 is 11.9 Å². The Bertz CT molecular complexity index is 1760. The van der Waals surface area contributed by atoms with Crippen LogP contribution in [0, 0.1) is 0 Å². The van der Waals surface area contributed by atoms with Gasteiger partial charge in [-0.1, -0.05) is 110 Å². The molecule has 304 valence electrons. The Morgan fingerprint density at radius 1 is 0.842 bits per heavy atom. The number of esters is 2. The molecule has 1 saturated heterocycles. The summed E-state index contributed by atoms with van der Waals surface area (Å²) in [6, 6.07) is 27.3. The number of carbonyl (C=O) groups excluding carboxylic acids is 5. The first-order valence-corrected chi connectivity index (χ1v) is 20.7. The number of hydrogen-bond acceptors (Lipinski definition) is 9. The first-order chi connectivity index (χ1) is 27.2. The van der Waals surface area contributed by atoms with Crippen molar-refractivity contribution < 1.29 is 38.6 Å². The Balaban J connectivity index is 1.53. The molecule has 1 saturated carbocycles. The van der Waals surface area contributed by atoms with Crippen molar-refractivity contribution in [2.45, 2.75) is 119 Å². The molecule has 3 amide bonds.